The van der Waals surface area contributed by atoms with Crippen molar-refractivity contribution < 1.29 is 9.18 Å². The first kappa shape index (κ1) is 21.0. The molecule has 0 spiro atoms. The average Bonchev–Trinajstić information content (AvgIpc) is 2.67. The van der Waals surface area contributed by atoms with Gasteiger partial charge in [-0.15, -0.1) is 0 Å². The maximum atomic E-state index is 13.1. The van der Waals surface area contributed by atoms with Crippen molar-refractivity contribution in [2.45, 2.75) is 32.5 Å². The summed E-state index contributed by atoms with van der Waals surface area (Å²) in [6.07, 6.45) is 3.40. The Balaban J connectivity index is 1.62. The Labute approximate surface area is 178 Å². The molecule has 1 aliphatic heterocycles. The summed E-state index contributed by atoms with van der Waals surface area (Å²) in [5.41, 5.74) is 1.96. The van der Waals surface area contributed by atoms with E-state index in [0.29, 0.717) is 11.6 Å². The summed E-state index contributed by atoms with van der Waals surface area (Å²) >= 11 is 9.47. The number of benzene rings is 2. The van der Waals surface area contributed by atoms with E-state index in [1.54, 1.807) is 12.2 Å². The Bertz CT molecular complexity index is 871. The molecule has 3 nitrogen and oxygen atoms in total. The summed E-state index contributed by atoms with van der Waals surface area (Å²) in [5, 5.41) is 0.617. The first-order chi connectivity index (χ1) is 13.3. The van der Waals surface area contributed by atoms with E-state index in [2.05, 4.69) is 34.7 Å². The fraction of sp³-hybridized carbons (Fsp3) is 0.318. The molecular formula is C22H23BrClFN2O. The molecule has 2 atom stereocenters. The molecule has 0 aromatic heterocycles. The number of hydrogen-bond acceptors (Lipinski definition) is 2. The maximum absolute atomic E-state index is 13.1. The van der Waals surface area contributed by atoms with Crippen LogP contribution in [0.1, 0.15) is 25.0 Å². The second-order valence-corrected chi connectivity index (χ2v) is 8.51. The number of carbonyl (C=O) groups excluding carboxylic acids is 1. The van der Waals surface area contributed by atoms with Crippen LogP contribution in [0.4, 0.5) is 4.39 Å². The molecule has 0 aliphatic carbocycles. The van der Waals surface area contributed by atoms with Crippen LogP contribution >= 0.6 is 27.5 Å². The minimum Gasteiger partial charge on any atom is -0.334 e. The molecule has 0 unspecified atom stereocenters. The monoisotopic (exact) mass is 464 g/mol. The van der Waals surface area contributed by atoms with Crippen molar-refractivity contribution in [2.75, 3.05) is 13.1 Å². The van der Waals surface area contributed by atoms with E-state index in [1.807, 2.05) is 35.2 Å². The predicted octanol–water partition coefficient (Wildman–Crippen LogP) is 5.38. The number of carbonyl (C=O) groups is 1. The number of hydrogen-bond donors (Lipinski definition) is 0. The first-order valence-electron chi connectivity index (χ1n) is 9.25. The average molecular weight is 466 g/mol. The minimum atomic E-state index is -0.223. The van der Waals surface area contributed by atoms with Gasteiger partial charge in [0.05, 0.1) is 5.02 Å². The molecule has 1 aliphatic rings. The fourth-order valence-electron chi connectivity index (χ4n) is 3.43. The summed E-state index contributed by atoms with van der Waals surface area (Å²) in [5.74, 6) is -0.223. The molecule has 2 aromatic carbocycles. The highest BCUT2D eigenvalue weighted by atomic mass is 79.9. The van der Waals surface area contributed by atoms with Gasteiger partial charge in [-0.2, -0.15) is 0 Å². The molecule has 0 saturated carbocycles. The van der Waals surface area contributed by atoms with Gasteiger partial charge in [-0.05, 0) is 71.2 Å². The van der Waals surface area contributed by atoms with Crippen molar-refractivity contribution in [2.24, 2.45) is 0 Å². The molecule has 1 amide bonds. The highest BCUT2D eigenvalue weighted by Gasteiger charge is 2.30. The lowest BCUT2D eigenvalue weighted by Gasteiger charge is -2.44. The van der Waals surface area contributed by atoms with E-state index < -0.39 is 0 Å². The van der Waals surface area contributed by atoms with Crippen LogP contribution in [0.5, 0.6) is 0 Å². The molecular weight excluding hydrogens is 443 g/mol. The molecule has 0 N–H and O–H groups in total. The van der Waals surface area contributed by atoms with Crippen molar-refractivity contribution in [1.29, 1.82) is 0 Å². The van der Waals surface area contributed by atoms with E-state index in [-0.39, 0.29) is 23.8 Å². The third-order valence-corrected chi connectivity index (χ3v) is 6.29. The van der Waals surface area contributed by atoms with E-state index in [1.165, 1.54) is 12.1 Å². The predicted molar refractivity (Wildman–Crippen MR) is 116 cm³/mol. The van der Waals surface area contributed by atoms with Gasteiger partial charge in [-0.25, -0.2) is 4.39 Å². The molecule has 1 saturated heterocycles. The molecule has 0 bridgehead atoms. The summed E-state index contributed by atoms with van der Waals surface area (Å²) in [6, 6.07) is 12.5. The van der Waals surface area contributed by atoms with Gasteiger partial charge < -0.3 is 4.90 Å². The van der Waals surface area contributed by atoms with Crippen LogP contribution in [0.3, 0.4) is 0 Å². The van der Waals surface area contributed by atoms with Crippen molar-refractivity contribution in [3.05, 3.63) is 75.0 Å². The Hall–Kier alpha value is -1.69. The Kier molecular flexibility index (Phi) is 6.91. The topological polar surface area (TPSA) is 23.6 Å². The third kappa shape index (κ3) is 5.22. The standard InChI is InChI=1S/C22H23BrClFN2O/c1-15-13-27(22(28)10-6-17-5-9-20(23)21(24)11-17)16(2)12-26(15)14-18-3-7-19(25)8-4-18/h3-11,15-16H,12-14H2,1-2H3/t15-,16+/m1/s1. The van der Waals surface area contributed by atoms with Crippen LogP contribution in [0, 0.1) is 5.82 Å². The lowest BCUT2D eigenvalue weighted by molar-refractivity contribution is -0.131. The summed E-state index contributed by atoms with van der Waals surface area (Å²) < 4.78 is 13.9. The van der Waals surface area contributed by atoms with Crippen LogP contribution in [0.25, 0.3) is 6.08 Å². The summed E-state index contributed by atoms with van der Waals surface area (Å²) in [6.45, 7) is 6.37. The zero-order valence-corrected chi connectivity index (χ0v) is 18.3. The zero-order chi connectivity index (χ0) is 20.3. The Morgan fingerprint density at radius 2 is 1.89 bits per heavy atom. The number of amides is 1. The van der Waals surface area contributed by atoms with Crippen LogP contribution in [0.2, 0.25) is 5.02 Å². The Morgan fingerprint density at radius 1 is 1.18 bits per heavy atom. The lowest BCUT2D eigenvalue weighted by Crippen LogP contribution is -2.57. The van der Waals surface area contributed by atoms with Crippen LogP contribution in [-0.4, -0.2) is 40.9 Å². The molecule has 6 heteroatoms. The zero-order valence-electron chi connectivity index (χ0n) is 15.9. The van der Waals surface area contributed by atoms with Gasteiger partial charge in [0.15, 0.2) is 0 Å². The number of halogens is 3. The lowest BCUT2D eigenvalue weighted by atomic mass is 10.1. The summed E-state index contributed by atoms with van der Waals surface area (Å²) in [4.78, 5) is 17.0. The molecule has 0 radical (unpaired) electrons. The van der Waals surface area contributed by atoms with E-state index in [4.69, 9.17) is 11.6 Å². The highest BCUT2D eigenvalue weighted by molar-refractivity contribution is 9.10. The quantitative estimate of drug-likeness (QED) is 0.566. The van der Waals surface area contributed by atoms with Gasteiger partial charge in [0, 0.05) is 42.3 Å². The SMILES string of the molecule is C[C@@H]1CN(C(=O)C=Cc2ccc(Br)c(Cl)c2)[C@@H](C)CN1Cc1ccc(F)cc1. The molecule has 1 fully saturated rings. The second kappa shape index (κ2) is 9.21. The van der Waals surface area contributed by atoms with Gasteiger partial charge in [0.2, 0.25) is 5.91 Å². The van der Waals surface area contributed by atoms with Crippen molar-refractivity contribution in [3.8, 4) is 0 Å². The van der Waals surface area contributed by atoms with Gasteiger partial charge in [-0.3, -0.25) is 9.69 Å². The normalized spacial score (nSPS) is 20.7. The molecule has 2 aromatic rings. The second-order valence-electron chi connectivity index (χ2n) is 7.25. The third-order valence-electron chi connectivity index (χ3n) is 5.06. The highest BCUT2D eigenvalue weighted by Crippen LogP contribution is 2.24. The van der Waals surface area contributed by atoms with Crippen molar-refractivity contribution >= 4 is 39.5 Å². The molecule has 148 valence electrons. The largest absolute Gasteiger partial charge is 0.334 e. The van der Waals surface area contributed by atoms with E-state index in [9.17, 15) is 9.18 Å². The number of rotatable bonds is 4. The smallest absolute Gasteiger partial charge is 0.246 e. The minimum absolute atomic E-state index is 0.000164. The van der Waals surface area contributed by atoms with Gasteiger partial charge >= 0.3 is 0 Å². The van der Waals surface area contributed by atoms with Gasteiger partial charge in [0.25, 0.3) is 0 Å². The first-order valence-corrected chi connectivity index (χ1v) is 10.4. The van der Waals surface area contributed by atoms with E-state index >= 15 is 0 Å². The Morgan fingerprint density at radius 3 is 2.57 bits per heavy atom. The van der Waals surface area contributed by atoms with E-state index in [0.717, 1.165) is 28.7 Å². The molecule has 3 rings (SSSR count). The van der Waals surface area contributed by atoms with Crippen LogP contribution in [0.15, 0.2) is 53.0 Å². The van der Waals surface area contributed by atoms with Crippen LogP contribution in [-0.2, 0) is 11.3 Å². The van der Waals surface area contributed by atoms with Gasteiger partial charge in [0.1, 0.15) is 5.82 Å². The maximum Gasteiger partial charge on any atom is 0.246 e. The number of nitrogens with zero attached hydrogens (tertiary/aromatic N) is 2. The van der Waals surface area contributed by atoms with Crippen molar-refractivity contribution in [3.63, 3.8) is 0 Å². The molecule has 1 heterocycles. The summed E-state index contributed by atoms with van der Waals surface area (Å²) in [7, 11) is 0. The molecule has 28 heavy (non-hydrogen) atoms. The number of piperazine rings is 1. The van der Waals surface area contributed by atoms with Crippen molar-refractivity contribution in [1.82, 2.24) is 9.80 Å². The van der Waals surface area contributed by atoms with Gasteiger partial charge in [-0.1, -0.05) is 29.8 Å². The van der Waals surface area contributed by atoms with Crippen LogP contribution < -0.4 is 0 Å². The fourth-order valence-corrected chi connectivity index (χ4v) is 3.86.